The van der Waals surface area contributed by atoms with E-state index >= 15 is 0 Å². The van der Waals surface area contributed by atoms with E-state index in [0.717, 1.165) is 19.4 Å². The minimum atomic E-state index is -0.482. The third kappa shape index (κ3) is 2.28. The molecule has 1 saturated heterocycles. The van der Waals surface area contributed by atoms with Gasteiger partial charge < -0.3 is 4.90 Å². The van der Waals surface area contributed by atoms with Crippen LogP contribution in [0.5, 0.6) is 0 Å². The van der Waals surface area contributed by atoms with Crippen molar-refractivity contribution < 1.29 is 4.92 Å². The molecular weight excluding hydrogens is 264 g/mol. The zero-order chi connectivity index (χ0) is 13.2. The van der Waals surface area contributed by atoms with Gasteiger partial charge in [-0.15, -0.1) is 11.3 Å². The first-order valence-corrected chi connectivity index (χ1v) is 6.90. The van der Waals surface area contributed by atoms with E-state index in [-0.39, 0.29) is 5.69 Å². The zero-order valence-electron chi connectivity index (χ0n) is 10.1. The molecule has 3 heterocycles. The highest BCUT2D eigenvalue weighted by Gasteiger charge is 2.28. The van der Waals surface area contributed by atoms with Crippen LogP contribution < -0.4 is 4.90 Å². The molecule has 98 valence electrons. The molecular formula is C12H12N4O2S. The van der Waals surface area contributed by atoms with Crippen LogP contribution >= 0.6 is 11.3 Å². The van der Waals surface area contributed by atoms with E-state index < -0.39 is 4.92 Å². The average molecular weight is 276 g/mol. The van der Waals surface area contributed by atoms with Crippen LogP contribution in [-0.2, 0) is 0 Å². The van der Waals surface area contributed by atoms with Gasteiger partial charge in [0, 0.05) is 11.4 Å². The molecule has 0 saturated carbocycles. The van der Waals surface area contributed by atoms with E-state index in [1.54, 1.807) is 11.3 Å². The quantitative estimate of drug-likeness (QED) is 0.636. The van der Waals surface area contributed by atoms with Gasteiger partial charge in [-0.2, -0.15) is 0 Å². The molecule has 0 aromatic carbocycles. The van der Waals surface area contributed by atoms with Crippen molar-refractivity contribution in [2.24, 2.45) is 0 Å². The predicted octanol–water partition coefficient (Wildman–Crippen LogP) is 2.79. The van der Waals surface area contributed by atoms with Crippen molar-refractivity contribution in [3.63, 3.8) is 0 Å². The molecule has 3 rings (SSSR count). The third-order valence-electron chi connectivity index (χ3n) is 3.22. The molecule has 2 aromatic heterocycles. The molecule has 1 unspecified atom stereocenters. The standard InChI is InChI=1S/C12H12N4O2S/c17-16(18)9-7-13-12(14-8-9)15-5-1-3-10(15)11-4-2-6-19-11/h2,4,6-8,10H,1,3,5H2. The fraction of sp³-hybridized carbons (Fsp3) is 0.333. The minimum absolute atomic E-state index is 0.0735. The van der Waals surface area contributed by atoms with Gasteiger partial charge in [0.25, 0.3) is 0 Å². The lowest BCUT2D eigenvalue weighted by Gasteiger charge is -2.23. The number of anilines is 1. The van der Waals surface area contributed by atoms with Gasteiger partial charge in [0.05, 0.1) is 11.0 Å². The Labute approximate surface area is 113 Å². The van der Waals surface area contributed by atoms with Crippen LogP contribution in [0.3, 0.4) is 0 Å². The molecule has 0 radical (unpaired) electrons. The van der Waals surface area contributed by atoms with Crippen molar-refractivity contribution in [2.75, 3.05) is 11.4 Å². The predicted molar refractivity (Wildman–Crippen MR) is 72.3 cm³/mol. The highest BCUT2D eigenvalue weighted by atomic mass is 32.1. The number of aromatic nitrogens is 2. The smallest absolute Gasteiger partial charge is 0.305 e. The summed E-state index contributed by atoms with van der Waals surface area (Å²) in [6, 6.07) is 4.44. The lowest BCUT2D eigenvalue weighted by molar-refractivity contribution is -0.385. The number of nitrogens with zero attached hydrogens (tertiary/aromatic N) is 4. The van der Waals surface area contributed by atoms with Gasteiger partial charge in [0.2, 0.25) is 5.95 Å². The van der Waals surface area contributed by atoms with Crippen molar-refractivity contribution in [1.82, 2.24) is 9.97 Å². The van der Waals surface area contributed by atoms with Crippen molar-refractivity contribution in [2.45, 2.75) is 18.9 Å². The summed E-state index contributed by atoms with van der Waals surface area (Å²) in [6.07, 6.45) is 4.70. The monoisotopic (exact) mass is 276 g/mol. The zero-order valence-corrected chi connectivity index (χ0v) is 10.9. The van der Waals surface area contributed by atoms with Crippen LogP contribution in [0.15, 0.2) is 29.9 Å². The molecule has 1 atom stereocenters. The van der Waals surface area contributed by atoms with Gasteiger partial charge in [-0.3, -0.25) is 10.1 Å². The van der Waals surface area contributed by atoms with Gasteiger partial charge in [-0.1, -0.05) is 6.07 Å². The Morgan fingerprint density at radius 1 is 1.42 bits per heavy atom. The highest BCUT2D eigenvalue weighted by Crippen LogP contribution is 2.36. The van der Waals surface area contributed by atoms with E-state index in [1.807, 2.05) is 6.07 Å². The summed E-state index contributed by atoms with van der Waals surface area (Å²) in [4.78, 5) is 21.8. The van der Waals surface area contributed by atoms with Crippen molar-refractivity contribution in [1.29, 1.82) is 0 Å². The molecule has 6 nitrogen and oxygen atoms in total. The van der Waals surface area contributed by atoms with Gasteiger partial charge in [0.15, 0.2) is 0 Å². The summed E-state index contributed by atoms with van der Waals surface area (Å²) in [5.41, 5.74) is -0.0735. The van der Waals surface area contributed by atoms with Crippen molar-refractivity contribution >= 4 is 23.0 Å². The Kier molecular flexibility index (Phi) is 3.12. The molecule has 1 fully saturated rings. The number of hydrogen-bond donors (Lipinski definition) is 0. The molecule has 0 aliphatic carbocycles. The Hall–Kier alpha value is -2.02. The fourth-order valence-corrected chi connectivity index (χ4v) is 3.21. The van der Waals surface area contributed by atoms with Gasteiger partial charge in [-0.25, -0.2) is 9.97 Å². The average Bonchev–Trinajstić information content (AvgIpc) is 3.09. The van der Waals surface area contributed by atoms with Crippen LogP contribution in [0.1, 0.15) is 23.8 Å². The van der Waals surface area contributed by atoms with Gasteiger partial charge in [-0.05, 0) is 24.3 Å². The Bertz CT molecular complexity index is 570. The Balaban J connectivity index is 1.86. The lowest BCUT2D eigenvalue weighted by Crippen LogP contribution is -2.23. The number of hydrogen-bond acceptors (Lipinski definition) is 6. The van der Waals surface area contributed by atoms with Gasteiger partial charge >= 0.3 is 5.69 Å². The maximum Gasteiger partial charge on any atom is 0.305 e. The van der Waals surface area contributed by atoms with E-state index in [2.05, 4.69) is 26.3 Å². The minimum Gasteiger partial charge on any atom is -0.333 e. The van der Waals surface area contributed by atoms with Crippen LogP contribution in [0.25, 0.3) is 0 Å². The second kappa shape index (κ2) is 4.93. The Morgan fingerprint density at radius 2 is 2.21 bits per heavy atom. The normalized spacial score (nSPS) is 18.7. The summed E-state index contributed by atoms with van der Waals surface area (Å²) in [5.74, 6) is 0.571. The first kappa shape index (κ1) is 12.0. The maximum atomic E-state index is 10.6. The highest BCUT2D eigenvalue weighted by molar-refractivity contribution is 7.10. The van der Waals surface area contributed by atoms with Crippen molar-refractivity contribution in [3.8, 4) is 0 Å². The van der Waals surface area contributed by atoms with Crippen LogP contribution in [0.2, 0.25) is 0 Å². The molecule has 1 aliphatic rings. The van der Waals surface area contributed by atoms with E-state index in [4.69, 9.17) is 0 Å². The molecule has 0 bridgehead atoms. The van der Waals surface area contributed by atoms with Crippen LogP contribution in [0.4, 0.5) is 11.6 Å². The Morgan fingerprint density at radius 3 is 2.84 bits per heavy atom. The van der Waals surface area contributed by atoms with E-state index in [0.29, 0.717) is 12.0 Å². The number of nitro groups is 1. The molecule has 2 aromatic rings. The topological polar surface area (TPSA) is 72.2 Å². The summed E-state index contributed by atoms with van der Waals surface area (Å²) < 4.78 is 0. The molecule has 0 spiro atoms. The van der Waals surface area contributed by atoms with E-state index in [1.165, 1.54) is 17.3 Å². The largest absolute Gasteiger partial charge is 0.333 e. The molecule has 1 aliphatic heterocycles. The summed E-state index contributed by atoms with van der Waals surface area (Å²) in [6.45, 7) is 0.889. The third-order valence-corrected chi connectivity index (χ3v) is 4.19. The van der Waals surface area contributed by atoms with Crippen LogP contribution in [0, 0.1) is 10.1 Å². The molecule has 19 heavy (non-hydrogen) atoms. The van der Waals surface area contributed by atoms with E-state index in [9.17, 15) is 10.1 Å². The second-order valence-electron chi connectivity index (χ2n) is 4.37. The maximum absolute atomic E-state index is 10.6. The van der Waals surface area contributed by atoms with Crippen molar-refractivity contribution in [3.05, 3.63) is 44.9 Å². The summed E-state index contributed by atoms with van der Waals surface area (Å²) >= 11 is 1.72. The lowest BCUT2D eigenvalue weighted by atomic mass is 10.2. The number of rotatable bonds is 3. The molecule has 0 N–H and O–H groups in total. The SMILES string of the molecule is O=[N+]([O-])c1cnc(N2CCCC2c2cccs2)nc1. The van der Waals surface area contributed by atoms with Crippen LogP contribution in [-0.4, -0.2) is 21.4 Å². The fourth-order valence-electron chi connectivity index (χ4n) is 2.34. The first-order valence-electron chi connectivity index (χ1n) is 6.02. The van der Waals surface area contributed by atoms with Gasteiger partial charge in [0.1, 0.15) is 12.4 Å². The second-order valence-corrected chi connectivity index (χ2v) is 5.34. The molecule has 0 amide bonds. The summed E-state index contributed by atoms with van der Waals surface area (Å²) in [7, 11) is 0. The number of thiophene rings is 1. The molecule has 7 heteroatoms. The summed E-state index contributed by atoms with van der Waals surface area (Å²) in [5, 5.41) is 12.7. The first-order chi connectivity index (χ1) is 9.25.